The maximum Gasteiger partial charge on any atom is 0.246 e. The summed E-state index contributed by atoms with van der Waals surface area (Å²) in [7, 11) is 0. The molecule has 0 saturated carbocycles. The average molecular weight is 512 g/mol. The van der Waals surface area contributed by atoms with Gasteiger partial charge in [0.05, 0.1) is 38.6 Å². The molecule has 0 bridgehead atoms. The minimum atomic E-state index is -0.389. The molecule has 3 aromatic carbocycles. The molecule has 0 unspecified atom stereocenters. The predicted molar refractivity (Wildman–Crippen MR) is 150 cm³/mol. The Bertz CT molecular complexity index is 1140. The highest BCUT2D eigenvalue weighted by Gasteiger charge is 2.45. The standard InChI is InChI=1S/C33H37NO4/c1-3-14-29-21-31(37-23-27-17-10-6-11-18-27)33(38-24-28-19-12-7-13-20-28)30(34(29)32(35)4-2)25-36-22-26-15-8-5-9-16-26/h3-13,15-20,29-31,33H,1-2,14,21-25H2/t29-,30-,31+,33-/m0/s1. The van der Waals surface area contributed by atoms with Gasteiger partial charge in [0.2, 0.25) is 5.91 Å². The third-order valence-electron chi connectivity index (χ3n) is 6.86. The summed E-state index contributed by atoms with van der Waals surface area (Å²) in [5.41, 5.74) is 3.23. The number of likely N-dealkylation sites (tertiary alicyclic amines) is 1. The lowest BCUT2D eigenvalue weighted by molar-refractivity contribution is -0.178. The van der Waals surface area contributed by atoms with Gasteiger partial charge in [-0.2, -0.15) is 0 Å². The zero-order valence-electron chi connectivity index (χ0n) is 21.9. The molecule has 1 amide bonds. The van der Waals surface area contributed by atoms with Crippen molar-refractivity contribution in [2.45, 2.75) is 57.0 Å². The first-order chi connectivity index (χ1) is 18.7. The fourth-order valence-electron chi connectivity index (χ4n) is 5.02. The minimum Gasteiger partial charge on any atom is -0.375 e. The van der Waals surface area contributed by atoms with Crippen molar-refractivity contribution in [2.24, 2.45) is 0 Å². The molecular formula is C33H37NO4. The first kappa shape index (κ1) is 27.5. The summed E-state index contributed by atoms with van der Waals surface area (Å²) in [4.78, 5) is 15.1. The molecule has 0 radical (unpaired) electrons. The molecule has 4 rings (SSSR count). The minimum absolute atomic E-state index is 0.0966. The normalized spacial score (nSPS) is 21.1. The number of benzene rings is 3. The number of amides is 1. The summed E-state index contributed by atoms with van der Waals surface area (Å²) >= 11 is 0. The topological polar surface area (TPSA) is 48.0 Å². The van der Waals surface area contributed by atoms with Crippen LogP contribution in [-0.4, -0.2) is 41.7 Å². The number of rotatable bonds is 13. The lowest BCUT2D eigenvalue weighted by atomic mass is 9.88. The van der Waals surface area contributed by atoms with Crippen LogP contribution >= 0.6 is 0 Å². The molecule has 198 valence electrons. The maximum atomic E-state index is 13.2. The molecule has 1 fully saturated rings. The molecule has 1 aliphatic rings. The molecule has 3 aromatic rings. The molecular weight excluding hydrogens is 474 g/mol. The highest BCUT2D eigenvalue weighted by atomic mass is 16.5. The van der Waals surface area contributed by atoms with Crippen molar-refractivity contribution in [2.75, 3.05) is 6.61 Å². The number of nitrogens with zero attached hydrogens (tertiary/aromatic N) is 1. The van der Waals surface area contributed by atoms with E-state index in [4.69, 9.17) is 14.2 Å². The van der Waals surface area contributed by atoms with Gasteiger partial charge in [-0.25, -0.2) is 0 Å². The van der Waals surface area contributed by atoms with Crippen LogP contribution in [0.4, 0.5) is 0 Å². The third kappa shape index (κ3) is 7.51. The van der Waals surface area contributed by atoms with Gasteiger partial charge < -0.3 is 19.1 Å². The van der Waals surface area contributed by atoms with Crippen molar-refractivity contribution in [3.05, 3.63) is 133 Å². The summed E-state index contributed by atoms with van der Waals surface area (Å²) in [6, 6.07) is 29.8. The third-order valence-corrected chi connectivity index (χ3v) is 6.86. The molecule has 4 atom stereocenters. The first-order valence-electron chi connectivity index (χ1n) is 13.2. The van der Waals surface area contributed by atoms with Crippen LogP contribution in [0.5, 0.6) is 0 Å². The van der Waals surface area contributed by atoms with E-state index in [1.807, 2.05) is 89.8 Å². The Kier molecular flexibility index (Phi) is 10.5. The Morgan fingerprint density at radius 2 is 1.32 bits per heavy atom. The van der Waals surface area contributed by atoms with Crippen LogP contribution in [0.3, 0.4) is 0 Å². The Morgan fingerprint density at radius 1 is 0.789 bits per heavy atom. The summed E-state index contributed by atoms with van der Waals surface area (Å²) in [6.45, 7) is 9.36. The Hall–Kier alpha value is -3.51. The van der Waals surface area contributed by atoms with Crippen molar-refractivity contribution in [3.63, 3.8) is 0 Å². The number of hydrogen-bond acceptors (Lipinski definition) is 4. The monoisotopic (exact) mass is 511 g/mol. The van der Waals surface area contributed by atoms with E-state index in [0.717, 1.165) is 16.7 Å². The highest BCUT2D eigenvalue weighted by Crippen LogP contribution is 2.32. The molecule has 1 aliphatic heterocycles. The fraction of sp³-hybridized carbons (Fsp3) is 0.303. The second-order valence-electron chi connectivity index (χ2n) is 9.53. The van der Waals surface area contributed by atoms with Gasteiger partial charge in [0.25, 0.3) is 0 Å². The van der Waals surface area contributed by atoms with Crippen molar-refractivity contribution in [1.82, 2.24) is 4.90 Å². The summed E-state index contributed by atoms with van der Waals surface area (Å²) in [6.07, 6.45) is 3.88. The van der Waals surface area contributed by atoms with Gasteiger partial charge in [0.1, 0.15) is 6.10 Å². The SMILES string of the molecule is C=CC[C@H]1C[C@@H](OCc2ccccc2)[C@@H](OCc2ccccc2)[C@H](COCc2ccccc2)N1C(=O)C=C. The lowest BCUT2D eigenvalue weighted by Crippen LogP contribution is -2.63. The van der Waals surface area contributed by atoms with E-state index in [9.17, 15) is 4.79 Å². The highest BCUT2D eigenvalue weighted by molar-refractivity contribution is 5.87. The maximum absolute atomic E-state index is 13.2. The molecule has 0 aromatic heterocycles. The second kappa shape index (κ2) is 14.4. The Balaban J connectivity index is 1.60. The summed E-state index contributed by atoms with van der Waals surface area (Å²) in [5.74, 6) is -0.139. The number of hydrogen-bond donors (Lipinski definition) is 0. The van der Waals surface area contributed by atoms with Crippen LogP contribution in [0, 0.1) is 0 Å². The van der Waals surface area contributed by atoms with Crippen LogP contribution in [0.1, 0.15) is 29.5 Å². The number of carbonyl (C=O) groups excluding carboxylic acids is 1. The quantitative estimate of drug-likeness (QED) is 0.205. The average Bonchev–Trinajstić information content (AvgIpc) is 2.97. The summed E-state index contributed by atoms with van der Waals surface area (Å²) in [5, 5.41) is 0. The largest absolute Gasteiger partial charge is 0.375 e. The van der Waals surface area contributed by atoms with E-state index >= 15 is 0 Å². The van der Waals surface area contributed by atoms with E-state index in [-0.39, 0.29) is 30.2 Å². The van der Waals surface area contributed by atoms with Gasteiger partial charge in [-0.1, -0.05) is 104 Å². The fourth-order valence-corrected chi connectivity index (χ4v) is 5.02. The molecule has 5 heteroatoms. The van der Waals surface area contributed by atoms with Crippen LogP contribution < -0.4 is 0 Å². The second-order valence-corrected chi connectivity index (χ2v) is 9.53. The number of ether oxygens (including phenoxy) is 3. The van der Waals surface area contributed by atoms with Gasteiger partial charge in [-0.05, 0) is 35.6 Å². The summed E-state index contributed by atoms with van der Waals surface area (Å²) < 4.78 is 19.3. The van der Waals surface area contributed by atoms with Gasteiger partial charge >= 0.3 is 0 Å². The number of piperidine rings is 1. The predicted octanol–water partition coefficient (Wildman–Crippen LogP) is 6.11. The Labute approximate surface area is 226 Å². The van der Waals surface area contributed by atoms with E-state index in [2.05, 4.69) is 25.3 Å². The number of carbonyl (C=O) groups is 1. The molecule has 0 N–H and O–H groups in total. The zero-order valence-corrected chi connectivity index (χ0v) is 21.9. The van der Waals surface area contributed by atoms with Gasteiger partial charge in [0, 0.05) is 6.04 Å². The molecule has 0 spiro atoms. The van der Waals surface area contributed by atoms with E-state index in [1.165, 1.54) is 6.08 Å². The van der Waals surface area contributed by atoms with Gasteiger partial charge in [0.15, 0.2) is 0 Å². The zero-order chi connectivity index (χ0) is 26.6. The van der Waals surface area contributed by atoms with Crippen molar-refractivity contribution < 1.29 is 19.0 Å². The molecule has 1 heterocycles. The smallest absolute Gasteiger partial charge is 0.246 e. The van der Waals surface area contributed by atoms with Crippen LogP contribution in [0.15, 0.2) is 116 Å². The molecule has 0 aliphatic carbocycles. The van der Waals surface area contributed by atoms with Gasteiger partial charge in [-0.15, -0.1) is 6.58 Å². The molecule has 1 saturated heterocycles. The van der Waals surface area contributed by atoms with Crippen molar-refractivity contribution >= 4 is 5.91 Å². The van der Waals surface area contributed by atoms with Gasteiger partial charge in [-0.3, -0.25) is 4.79 Å². The van der Waals surface area contributed by atoms with Crippen LogP contribution in [0.25, 0.3) is 0 Å². The first-order valence-corrected chi connectivity index (χ1v) is 13.2. The lowest BCUT2D eigenvalue weighted by Gasteiger charge is -2.49. The molecule has 5 nitrogen and oxygen atoms in total. The van der Waals surface area contributed by atoms with E-state index in [0.29, 0.717) is 39.3 Å². The van der Waals surface area contributed by atoms with Crippen LogP contribution in [-0.2, 0) is 38.8 Å². The van der Waals surface area contributed by atoms with Crippen LogP contribution in [0.2, 0.25) is 0 Å². The Morgan fingerprint density at radius 3 is 1.84 bits per heavy atom. The molecule has 38 heavy (non-hydrogen) atoms. The van der Waals surface area contributed by atoms with E-state index < -0.39 is 0 Å². The van der Waals surface area contributed by atoms with E-state index in [1.54, 1.807) is 0 Å². The van der Waals surface area contributed by atoms with Crippen molar-refractivity contribution in [1.29, 1.82) is 0 Å². The van der Waals surface area contributed by atoms with Crippen molar-refractivity contribution in [3.8, 4) is 0 Å².